The molecule has 1 heterocycles. The summed E-state index contributed by atoms with van der Waals surface area (Å²) < 4.78 is 32.9. The molecule has 1 N–H and O–H groups in total. The van der Waals surface area contributed by atoms with E-state index in [-0.39, 0.29) is 10.8 Å². The average Bonchev–Trinajstić information content (AvgIpc) is 2.61. The molecule has 26 heavy (non-hydrogen) atoms. The largest absolute Gasteiger partial charge is 0.383 e. The van der Waals surface area contributed by atoms with Crippen LogP contribution in [0.25, 0.3) is 0 Å². The van der Waals surface area contributed by atoms with E-state index in [9.17, 15) is 13.2 Å². The predicted molar refractivity (Wildman–Crippen MR) is 101 cm³/mol. The molecule has 0 aliphatic carbocycles. The molecule has 0 radical (unpaired) electrons. The number of benzene rings is 2. The van der Waals surface area contributed by atoms with Gasteiger partial charge in [0.2, 0.25) is 5.91 Å². The van der Waals surface area contributed by atoms with Crippen molar-refractivity contribution in [1.82, 2.24) is 0 Å². The van der Waals surface area contributed by atoms with Crippen LogP contribution in [-0.2, 0) is 26.0 Å². The molecule has 0 atom stereocenters. The van der Waals surface area contributed by atoms with Crippen LogP contribution in [0, 0.1) is 6.92 Å². The van der Waals surface area contributed by atoms with Crippen LogP contribution in [0.2, 0.25) is 0 Å². The van der Waals surface area contributed by atoms with Gasteiger partial charge in [0.1, 0.15) is 0 Å². The van der Waals surface area contributed by atoms with Gasteiger partial charge in [-0.3, -0.25) is 9.52 Å². The number of fused-ring (bicyclic) bond motifs is 1. The minimum atomic E-state index is -3.65. The summed E-state index contributed by atoms with van der Waals surface area (Å²) in [6.07, 6.45) is 1.00. The zero-order chi connectivity index (χ0) is 18.7. The molecule has 7 heteroatoms. The number of carbonyl (C=O) groups excluding carboxylic acids is 1. The molecule has 0 fully saturated rings. The SMILES string of the molecule is COCCN1C(=O)CCc2cc(NS(=O)(=O)c3cccc(C)c3)ccc21. The molecule has 1 amide bonds. The number of amides is 1. The zero-order valence-electron chi connectivity index (χ0n) is 14.9. The first-order valence-electron chi connectivity index (χ1n) is 8.42. The van der Waals surface area contributed by atoms with Gasteiger partial charge in [-0.05, 0) is 54.8 Å². The van der Waals surface area contributed by atoms with Crippen LogP contribution in [0.3, 0.4) is 0 Å². The van der Waals surface area contributed by atoms with Gasteiger partial charge < -0.3 is 9.64 Å². The van der Waals surface area contributed by atoms with E-state index in [1.807, 2.05) is 13.0 Å². The molecule has 1 aliphatic rings. The molecule has 0 spiro atoms. The lowest BCUT2D eigenvalue weighted by Crippen LogP contribution is -2.37. The highest BCUT2D eigenvalue weighted by atomic mass is 32.2. The molecular formula is C19H22N2O4S. The molecule has 0 unspecified atom stereocenters. The number of methoxy groups -OCH3 is 1. The molecule has 0 saturated heterocycles. The number of sulfonamides is 1. The zero-order valence-corrected chi connectivity index (χ0v) is 15.7. The molecule has 0 saturated carbocycles. The van der Waals surface area contributed by atoms with E-state index < -0.39 is 10.0 Å². The van der Waals surface area contributed by atoms with Gasteiger partial charge in [-0.15, -0.1) is 0 Å². The van der Waals surface area contributed by atoms with E-state index in [0.717, 1.165) is 16.8 Å². The topological polar surface area (TPSA) is 75.7 Å². The third-order valence-electron chi connectivity index (χ3n) is 4.35. The lowest BCUT2D eigenvalue weighted by molar-refractivity contribution is -0.119. The van der Waals surface area contributed by atoms with Crippen molar-refractivity contribution in [3.05, 3.63) is 53.6 Å². The van der Waals surface area contributed by atoms with Crippen LogP contribution in [0.5, 0.6) is 0 Å². The summed E-state index contributed by atoms with van der Waals surface area (Å²) in [5, 5.41) is 0. The molecule has 3 rings (SSSR count). The second kappa shape index (κ2) is 7.47. The standard InChI is InChI=1S/C19H22N2O4S/c1-14-4-3-5-17(12-14)26(23,24)20-16-7-8-18-15(13-16)6-9-19(22)21(18)10-11-25-2/h3-5,7-8,12-13,20H,6,9-11H2,1-2H3. The number of hydrogen-bond acceptors (Lipinski definition) is 4. The van der Waals surface area contributed by atoms with Crippen LogP contribution in [-0.4, -0.2) is 34.6 Å². The first-order chi connectivity index (χ1) is 12.4. The fourth-order valence-corrected chi connectivity index (χ4v) is 4.20. The highest BCUT2D eigenvalue weighted by Gasteiger charge is 2.24. The maximum Gasteiger partial charge on any atom is 0.261 e. The smallest absolute Gasteiger partial charge is 0.261 e. The minimum Gasteiger partial charge on any atom is -0.383 e. The summed E-state index contributed by atoms with van der Waals surface area (Å²) in [7, 11) is -2.06. The molecule has 0 aromatic heterocycles. The van der Waals surface area contributed by atoms with Gasteiger partial charge in [0, 0.05) is 31.5 Å². The van der Waals surface area contributed by atoms with Gasteiger partial charge in [-0.2, -0.15) is 0 Å². The number of anilines is 2. The van der Waals surface area contributed by atoms with Crippen molar-refractivity contribution >= 4 is 27.3 Å². The number of aryl methyl sites for hydroxylation is 2. The van der Waals surface area contributed by atoms with Crippen molar-refractivity contribution in [2.45, 2.75) is 24.7 Å². The monoisotopic (exact) mass is 374 g/mol. The Kier molecular flexibility index (Phi) is 5.29. The molecule has 138 valence electrons. The van der Waals surface area contributed by atoms with Crippen molar-refractivity contribution in [3.8, 4) is 0 Å². The van der Waals surface area contributed by atoms with Gasteiger partial charge in [-0.25, -0.2) is 8.42 Å². The lowest BCUT2D eigenvalue weighted by Gasteiger charge is -2.29. The first-order valence-corrected chi connectivity index (χ1v) is 9.91. The molecule has 6 nitrogen and oxygen atoms in total. The quantitative estimate of drug-likeness (QED) is 0.844. The summed E-state index contributed by atoms with van der Waals surface area (Å²) >= 11 is 0. The Morgan fingerprint density at radius 2 is 1.96 bits per heavy atom. The summed E-state index contributed by atoms with van der Waals surface area (Å²) in [6, 6.07) is 12.0. The molecule has 0 bridgehead atoms. The normalized spacial score (nSPS) is 14.2. The van der Waals surface area contributed by atoms with Crippen molar-refractivity contribution in [1.29, 1.82) is 0 Å². The Hall–Kier alpha value is -2.38. The maximum atomic E-state index is 12.6. The van der Waals surface area contributed by atoms with E-state index in [1.54, 1.807) is 48.4 Å². The molecule has 1 aliphatic heterocycles. The Balaban J connectivity index is 1.86. The third kappa shape index (κ3) is 3.89. The Labute approximate surface area is 153 Å². The number of hydrogen-bond donors (Lipinski definition) is 1. The number of ether oxygens (including phenoxy) is 1. The summed E-state index contributed by atoms with van der Waals surface area (Å²) in [5.74, 6) is 0.0580. The van der Waals surface area contributed by atoms with E-state index >= 15 is 0 Å². The van der Waals surface area contributed by atoms with Gasteiger partial charge in [0.05, 0.1) is 11.5 Å². The summed E-state index contributed by atoms with van der Waals surface area (Å²) in [6.45, 7) is 2.78. The second-order valence-corrected chi connectivity index (χ2v) is 7.99. The van der Waals surface area contributed by atoms with Crippen molar-refractivity contribution < 1.29 is 17.9 Å². The summed E-state index contributed by atoms with van der Waals surface area (Å²) in [4.78, 5) is 14.1. The van der Waals surface area contributed by atoms with E-state index in [4.69, 9.17) is 4.74 Å². The van der Waals surface area contributed by atoms with Crippen LogP contribution < -0.4 is 9.62 Å². The third-order valence-corrected chi connectivity index (χ3v) is 5.73. The highest BCUT2D eigenvalue weighted by molar-refractivity contribution is 7.92. The van der Waals surface area contributed by atoms with Gasteiger partial charge in [0.25, 0.3) is 10.0 Å². The van der Waals surface area contributed by atoms with Crippen molar-refractivity contribution in [2.24, 2.45) is 0 Å². The van der Waals surface area contributed by atoms with Crippen LogP contribution >= 0.6 is 0 Å². The fourth-order valence-electron chi connectivity index (χ4n) is 3.05. The van der Waals surface area contributed by atoms with Gasteiger partial charge >= 0.3 is 0 Å². The number of nitrogens with zero attached hydrogens (tertiary/aromatic N) is 1. The van der Waals surface area contributed by atoms with Gasteiger partial charge in [0.15, 0.2) is 0 Å². The van der Waals surface area contributed by atoms with E-state index in [0.29, 0.717) is 31.7 Å². The summed E-state index contributed by atoms with van der Waals surface area (Å²) in [5.41, 5.74) is 3.14. The average molecular weight is 374 g/mol. The van der Waals surface area contributed by atoms with E-state index in [2.05, 4.69) is 4.72 Å². The first kappa shape index (κ1) is 18.4. The van der Waals surface area contributed by atoms with Crippen LogP contribution in [0.4, 0.5) is 11.4 Å². The Bertz CT molecular complexity index is 925. The van der Waals surface area contributed by atoms with E-state index in [1.165, 1.54) is 0 Å². The number of nitrogens with one attached hydrogen (secondary N) is 1. The fraction of sp³-hybridized carbons (Fsp3) is 0.316. The minimum absolute atomic E-state index is 0.0580. The maximum absolute atomic E-state index is 12.6. The Morgan fingerprint density at radius 1 is 1.15 bits per heavy atom. The Morgan fingerprint density at radius 3 is 2.69 bits per heavy atom. The van der Waals surface area contributed by atoms with Crippen LogP contribution in [0.15, 0.2) is 47.4 Å². The second-order valence-electron chi connectivity index (χ2n) is 6.30. The lowest BCUT2D eigenvalue weighted by atomic mass is 10.0. The van der Waals surface area contributed by atoms with Crippen molar-refractivity contribution in [3.63, 3.8) is 0 Å². The molecule has 2 aromatic rings. The van der Waals surface area contributed by atoms with Crippen LogP contribution in [0.1, 0.15) is 17.5 Å². The van der Waals surface area contributed by atoms with Gasteiger partial charge in [-0.1, -0.05) is 12.1 Å². The number of carbonyl (C=O) groups is 1. The highest BCUT2D eigenvalue weighted by Crippen LogP contribution is 2.31. The number of rotatable bonds is 6. The predicted octanol–water partition coefficient (Wildman–Crippen LogP) is 2.72. The molecular weight excluding hydrogens is 352 g/mol. The molecule has 2 aromatic carbocycles. The van der Waals surface area contributed by atoms with Crippen molar-refractivity contribution in [2.75, 3.05) is 29.9 Å².